The molecule has 8 nitrogen and oxygen atoms in total. The first-order chi connectivity index (χ1) is 11.5. The van der Waals surface area contributed by atoms with Crippen LogP contribution in [0.5, 0.6) is 0 Å². The van der Waals surface area contributed by atoms with Crippen molar-refractivity contribution < 1.29 is 21.6 Å². The molecular formula is C13H15F3N6O2S. The minimum absolute atomic E-state index is 0.0112. The fourth-order valence-corrected chi connectivity index (χ4v) is 3.62. The number of pyridine rings is 1. The minimum atomic E-state index is -4.57. The van der Waals surface area contributed by atoms with Gasteiger partial charge in [0.2, 0.25) is 0 Å². The third kappa shape index (κ3) is 3.69. The van der Waals surface area contributed by atoms with Crippen LogP contribution in [0.4, 0.5) is 24.8 Å². The molecule has 0 unspecified atom stereocenters. The summed E-state index contributed by atoms with van der Waals surface area (Å²) < 4.78 is 67.7. The standard InChI is InChI=1S/C13H15F3N6O2S/c1-8-4-10(17)19-11(5-8)20-25(23,24)22-3-2-21-6-9(13(14,15)16)18-12(21)7-22/h4-6H,2-3,7H2,1H3,(H3,17,19,20). The third-order valence-corrected chi connectivity index (χ3v) is 5.08. The number of nitrogens with two attached hydrogens (primary N) is 1. The highest BCUT2D eigenvalue weighted by atomic mass is 32.2. The van der Waals surface area contributed by atoms with Crippen LogP contribution >= 0.6 is 0 Å². The topological polar surface area (TPSA) is 106 Å². The Hall–Kier alpha value is -2.34. The van der Waals surface area contributed by atoms with E-state index >= 15 is 0 Å². The number of hydrogen-bond donors (Lipinski definition) is 2. The van der Waals surface area contributed by atoms with Gasteiger partial charge in [0.25, 0.3) is 0 Å². The zero-order valence-electron chi connectivity index (χ0n) is 13.1. The number of hydrogen-bond acceptors (Lipinski definition) is 5. The van der Waals surface area contributed by atoms with Crippen LogP contribution in [0.25, 0.3) is 0 Å². The zero-order chi connectivity index (χ0) is 18.4. The lowest BCUT2D eigenvalue weighted by molar-refractivity contribution is -0.141. The Morgan fingerprint density at radius 3 is 2.60 bits per heavy atom. The summed E-state index contributed by atoms with van der Waals surface area (Å²) in [5, 5.41) is 0. The van der Waals surface area contributed by atoms with Crippen LogP contribution in [0.3, 0.4) is 0 Å². The number of nitrogen functional groups attached to an aromatic ring is 1. The van der Waals surface area contributed by atoms with E-state index in [4.69, 9.17) is 5.73 Å². The molecule has 25 heavy (non-hydrogen) atoms. The summed E-state index contributed by atoms with van der Waals surface area (Å²) in [5.74, 6) is 0.227. The predicted octanol–water partition coefficient (Wildman–Crippen LogP) is 1.36. The van der Waals surface area contributed by atoms with Crippen LogP contribution in [0.15, 0.2) is 18.3 Å². The highest BCUT2D eigenvalue weighted by molar-refractivity contribution is 7.90. The average molecular weight is 376 g/mol. The molecule has 2 aromatic rings. The van der Waals surface area contributed by atoms with Gasteiger partial charge in [-0.15, -0.1) is 0 Å². The molecule has 1 aliphatic rings. The van der Waals surface area contributed by atoms with Crippen molar-refractivity contribution in [3.8, 4) is 0 Å². The Morgan fingerprint density at radius 2 is 1.96 bits per heavy atom. The number of alkyl halides is 3. The predicted molar refractivity (Wildman–Crippen MR) is 83.6 cm³/mol. The fraction of sp³-hybridized carbons (Fsp3) is 0.385. The molecule has 1 aliphatic heterocycles. The van der Waals surface area contributed by atoms with E-state index in [-0.39, 0.29) is 37.1 Å². The number of anilines is 2. The fourth-order valence-electron chi connectivity index (χ4n) is 2.52. The maximum Gasteiger partial charge on any atom is 0.434 e. The highest BCUT2D eigenvalue weighted by Crippen LogP contribution is 2.29. The Bertz CT molecular complexity index is 889. The third-order valence-electron chi connectivity index (χ3n) is 3.62. The Labute approximate surface area is 141 Å². The lowest BCUT2D eigenvalue weighted by atomic mass is 10.3. The average Bonchev–Trinajstić information content (AvgIpc) is 2.88. The molecule has 3 N–H and O–H groups in total. The van der Waals surface area contributed by atoms with Crippen LogP contribution < -0.4 is 10.5 Å². The van der Waals surface area contributed by atoms with Gasteiger partial charge in [-0.1, -0.05) is 0 Å². The second-order valence-corrected chi connectivity index (χ2v) is 7.30. The molecule has 0 aromatic carbocycles. The molecule has 0 fully saturated rings. The van der Waals surface area contributed by atoms with E-state index in [2.05, 4.69) is 14.7 Å². The molecule has 0 amide bonds. The smallest absolute Gasteiger partial charge is 0.384 e. The molecular weight excluding hydrogens is 361 g/mol. The minimum Gasteiger partial charge on any atom is -0.384 e. The van der Waals surface area contributed by atoms with E-state index in [1.807, 2.05) is 0 Å². The largest absolute Gasteiger partial charge is 0.434 e. The van der Waals surface area contributed by atoms with E-state index in [0.29, 0.717) is 5.56 Å². The Balaban J connectivity index is 1.81. The van der Waals surface area contributed by atoms with Crippen LogP contribution in [0, 0.1) is 6.92 Å². The molecule has 2 aromatic heterocycles. The first-order valence-electron chi connectivity index (χ1n) is 7.20. The van der Waals surface area contributed by atoms with Crippen LogP contribution in [0.1, 0.15) is 17.1 Å². The summed E-state index contributed by atoms with van der Waals surface area (Å²) in [6.07, 6.45) is -3.69. The van der Waals surface area contributed by atoms with Gasteiger partial charge in [-0.2, -0.15) is 25.9 Å². The second kappa shape index (κ2) is 5.88. The van der Waals surface area contributed by atoms with Gasteiger partial charge < -0.3 is 10.3 Å². The molecule has 3 rings (SSSR count). The van der Waals surface area contributed by atoms with E-state index in [0.717, 1.165) is 10.5 Å². The second-order valence-electron chi connectivity index (χ2n) is 5.63. The molecule has 0 saturated heterocycles. The maximum atomic E-state index is 12.7. The summed E-state index contributed by atoms with van der Waals surface area (Å²) in [5.41, 5.74) is 5.26. The van der Waals surface area contributed by atoms with Gasteiger partial charge in [0.15, 0.2) is 5.69 Å². The number of nitrogens with zero attached hydrogens (tertiary/aromatic N) is 4. The molecule has 12 heteroatoms. The number of rotatable bonds is 3. The van der Waals surface area contributed by atoms with E-state index in [1.165, 1.54) is 10.6 Å². The van der Waals surface area contributed by atoms with Gasteiger partial charge >= 0.3 is 16.4 Å². The lowest BCUT2D eigenvalue weighted by Gasteiger charge is -2.27. The van der Waals surface area contributed by atoms with Crippen LogP contribution in [-0.4, -0.2) is 33.8 Å². The monoisotopic (exact) mass is 376 g/mol. The van der Waals surface area contributed by atoms with Crippen molar-refractivity contribution in [1.29, 1.82) is 0 Å². The number of aryl methyl sites for hydroxylation is 1. The number of fused-ring (bicyclic) bond motifs is 1. The van der Waals surface area contributed by atoms with Crippen LogP contribution in [-0.2, 0) is 29.5 Å². The van der Waals surface area contributed by atoms with Crippen molar-refractivity contribution in [2.45, 2.75) is 26.2 Å². The zero-order valence-corrected chi connectivity index (χ0v) is 13.9. The maximum absolute atomic E-state index is 12.7. The molecule has 0 bridgehead atoms. The Kier molecular flexibility index (Phi) is 4.11. The van der Waals surface area contributed by atoms with Gasteiger partial charge in [0.05, 0.1) is 6.54 Å². The molecule has 0 radical (unpaired) electrons. The SMILES string of the molecule is Cc1cc(N)nc(NS(=O)(=O)N2CCn3cc(C(F)(F)F)nc3C2)c1. The van der Waals surface area contributed by atoms with Gasteiger partial charge in [0.1, 0.15) is 17.5 Å². The summed E-state index contributed by atoms with van der Waals surface area (Å²) >= 11 is 0. The lowest BCUT2D eigenvalue weighted by Crippen LogP contribution is -2.41. The number of halogens is 3. The van der Waals surface area contributed by atoms with Crippen LogP contribution in [0.2, 0.25) is 0 Å². The van der Waals surface area contributed by atoms with Crippen molar-refractivity contribution >= 4 is 21.8 Å². The number of aromatic nitrogens is 3. The summed E-state index contributed by atoms with van der Waals surface area (Å²) in [6.45, 7) is 1.54. The molecule has 0 aliphatic carbocycles. The highest BCUT2D eigenvalue weighted by Gasteiger charge is 2.37. The van der Waals surface area contributed by atoms with Gasteiger partial charge in [-0.3, -0.25) is 4.72 Å². The molecule has 0 spiro atoms. The molecule has 0 atom stereocenters. The number of nitrogens with one attached hydrogen (secondary N) is 1. The van der Waals surface area contributed by atoms with Gasteiger partial charge in [-0.25, -0.2) is 9.97 Å². The first kappa shape index (κ1) is 17.5. The Morgan fingerprint density at radius 1 is 1.24 bits per heavy atom. The normalized spacial score (nSPS) is 15.8. The van der Waals surface area contributed by atoms with Crippen molar-refractivity contribution in [3.05, 3.63) is 35.4 Å². The van der Waals surface area contributed by atoms with Crippen molar-refractivity contribution in [3.63, 3.8) is 0 Å². The van der Waals surface area contributed by atoms with Crippen molar-refractivity contribution in [1.82, 2.24) is 18.8 Å². The number of imidazole rings is 1. The summed E-state index contributed by atoms with van der Waals surface area (Å²) in [4.78, 5) is 7.38. The molecule has 3 heterocycles. The summed E-state index contributed by atoms with van der Waals surface area (Å²) in [7, 11) is -4.01. The molecule has 0 saturated carbocycles. The quantitative estimate of drug-likeness (QED) is 0.841. The van der Waals surface area contributed by atoms with E-state index < -0.39 is 22.1 Å². The van der Waals surface area contributed by atoms with Crippen molar-refractivity contribution in [2.24, 2.45) is 0 Å². The van der Waals surface area contributed by atoms with Gasteiger partial charge in [-0.05, 0) is 24.6 Å². The first-order valence-corrected chi connectivity index (χ1v) is 8.64. The summed E-state index contributed by atoms with van der Waals surface area (Å²) in [6, 6.07) is 3.08. The molecule has 136 valence electrons. The van der Waals surface area contributed by atoms with Crippen molar-refractivity contribution in [2.75, 3.05) is 17.0 Å². The van der Waals surface area contributed by atoms with E-state index in [9.17, 15) is 21.6 Å². The van der Waals surface area contributed by atoms with Gasteiger partial charge in [0, 0.05) is 19.3 Å². The van der Waals surface area contributed by atoms with E-state index in [1.54, 1.807) is 13.0 Å².